The molecule has 0 bridgehead atoms. The van der Waals surface area contributed by atoms with E-state index in [9.17, 15) is 9.59 Å². The van der Waals surface area contributed by atoms with Crippen molar-refractivity contribution in [3.63, 3.8) is 0 Å². The third-order valence-electron chi connectivity index (χ3n) is 4.69. The van der Waals surface area contributed by atoms with Gasteiger partial charge >= 0.3 is 0 Å². The van der Waals surface area contributed by atoms with Gasteiger partial charge in [0.15, 0.2) is 0 Å². The lowest BCUT2D eigenvalue weighted by Crippen LogP contribution is -2.46. The molecular weight excluding hydrogens is 312 g/mol. The van der Waals surface area contributed by atoms with Gasteiger partial charge in [0.1, 0.15) is 0 Å². The summed E-state index contributed by atoms with van der Waals surface area (Å²) in [5, 5.41) is 3.02. The first kappa shape index (κ1) is 17.2. The number of nitrogens with one attached hydrogen (secondary N) is 1. The van der Waals surface area contributed by atoms with E-state index in [1.54, 1.807) is 0 Å². The molecule has 0 radical (unpaired) electrons. The molecule has 0 unspecified atom stereocenters. The normalized spacial score (nSPS) is 15.0. The highest BCUT2D eigenvalue weighted by atomic mass is 16.2. The number of amides is 2. The largest absolute Gasteiger partial charge is 0.353 e. The molecule has 2 aromatic carbocycles. The molecule has 1 aliphatic heterocycles. The summed E-state index contributed by atoms with van der Waals surface area (Å²) in [5.41, 5.74) is 2.88. The first-order valence-corrected chi connectivity index (χ1v) is 8.91. The van der Waals surface area contributed by atoms with Crippen molar-refractivity contribution in [3.05, 3.63) is 60.2 Å². The van der Waals surface area contributed by atoms with Gasteiger partial charge in [0.05, 0.1) is 0 Å². The molecule has 2 amide bonds. The number of hydrogen-bond acceptors (Lipinski definition) is 2. The average Bonchev–Trinajstić information content (AvgIpc) is 2.68. The fourth-order valence-electron chi connectivity index (χ4n) is 3.20. The molecule has 1 heterocycles. The van der Waals surface area contributed by atoms with Gasteiger partial charge in [-0.25, -0.2) is 0 Å². The van der Waals surface area contributed by atoms with Gasteiger partial charge in [0, 0.05) is 31.1 Å². The SMILES string of the molecule is CCC(=O)NC1CCN(C(=O)c2cccc(-c3ccccc3)c2)CC1. The number of rotatable bonds is 4. The summed E-state index contributed by atoms with van der Waals surface area (Å²) in [6.45, 7) is 3.22. The Morgan fingerprint density at radius 1 is 1.00 bits per heavy atom. The van der Waals surface area contributed by atoms with Gasteiger partial charge in [-0.05, 0) is 36.1 Å². The second-order valence-electron chi connectivity index (χ2n) is 6.43. The van der Waals surface area contributed by atoms with Crippen LogP contribution in [0.2, 0.25) is 0 Å². The minimum absolute atomic E-state index is 0.0676. The van der Waals surface area contributed by atoms with Crippen LogP contribution >= 0.6 is 0 Å². The smallest absolute Gasteiger partial charge is 0.253 e. The number of carbonyl (C=O) groups excluding carboxylic acids is 2. The average molecular weight is 336 g/mol. The Bertz CT molecular complexity index is 735. The van der Waals surface area contributed by atoms with Crippen LogP contribution in [0, 0.1) is 0 Å². The van der Waals surface area contributed by atoms with Crippen molar-refractivity contribution in [3.8, 4) is 11.1 Å². The Kier molecular flexibility index (Phi) is 5.49. The Balaban J connectivity index is 1.65. The van der Waals surface area contributed by atoms with Gasteiger partial charge in [-0.2, -0.15) is 0 Å². The zero-order chi connectivity index (χ0) is 17.6. The van der Waals surface area contributed by atoms with Gasteiger partial charge in [0.2, 0.25) is 5.91 Å². The van der Waals surface area contributed by atoms with E-state index < -0.39 is 0 Å². The number of benzene rings is 2. The van der Waals surface area contributed by atoms with Crippen LogP contribution in [0.3, 0.4) is 0 Å². The Morgan fingerprint density at radius 2 is 1.68 bits per heavy atom. The summed E-state index contributed by atoms with van der Waals surface area (Å²) in [6.07, 6.45) is 2.14. The quantitative estimate of drug-likeness (QED) is 0.929. The second kappa shape index (κ2) is 7.97. The topological polar surface area (TPSA) is 49.4 Å². The first-order chi connectivity index (χ1) is 12.2. The van der Waals surface area contributed by atoms with Crippen LogP contribution in [-0.4, -0.2) is 35.8 Å². The molecule has 25 heavy (non-hydrogen) atoms. The zero-order valence-electron chi connectivity index (χ0n) is 14.6. The van der Waals surface area contributed by atoms with E-state index in [0.717, 1.165) is 29.5 Å². The molecule has 130 valence electrons. The van der Waals surface area contributed by atoms with E-state index in [1.807, 2.05) is 66.4 Å². The fourth-order valence-corrected chi connectivity index (χ4v) is 3.20. The number of carbonyl (C=O) groups is 2. The molecule has 1 saturated heterocycles. The van der Waals surface area contributed by atoms with Crippen molar-refractivity contribution in [2.75, 3.05) is 13.1 Å². The molecule has 2 aromatic rings. The molecule has 4 nitrogen and oxygen atoms in total. The maximum atomic E-state index is 12.8. The predicted molar refractivity (Wildman–Crippen MR) is 99.2 cm³/mol. The van der Waals surface area contributed by atoms with Crippen LogP contribution in [0.1, 0.15) is 36.5 Å². The maximum absolute atomic E-state index is 12.8. The minimum atomic E-state index is 0.0676. The zero-order valence-corrected chi connectivity index (χ0v) is 14.6. The van der Waals surface area contributed by atoms with Crippen LogP contribution in [0.4, 0.5) is 0 Å². The number of hydrogen-bond donors (Lipinski definition) is 1. The van der Waals surface area contributed by atoms with Crippen LogP contribution in [0.15, 0.2) is 54.6 Å². The van der Waals surface area contributed by atoms with Crippen LogP contribution in [0.25, 0.3) is 11.1 Å². The molecule has 0 aliphatic carbocycles. The molecule has 1 aliphatic rings. The molecule has 0 aromatic heterocycles. The molecule has 4 heteroatoms. The summed E-state index contributed by atoms with van der Waals surface area (Å²) in [6, 6.07) is 18.1. The Labute approximate surface area is 148 Å². The second-order valence-corrected chi connectivity index (χ2v) is 6.43. The van der Waals surface area contributed by atoms with E-state index in [0.29, 0.717) is 19.5 Å². The summed E-state index contributed by atoms with van der Waals surface area (Å²) < 4.78 is 0. The van der Waals surface area contributed by atoms with Gasteiger partial charge in [-0.15, -0.1) is 0 Å². The predicted octanol–water partition coefficient (Wildman–Crippen LogP) is 3.48. The first-order valence-electron chi connectivity index (χ1n) is 8.91. The van der Waals surface area contributed by atoms with Crippen molar-refractivity contribution < 1.29 is 9.59 Å². The maximum Gasteiger partial charge on any atom is 0.253 e. The third-order valence-corrected chi connectivity index (χ3v) is 4.69. The number of nitrogens with zero attached hydrogens (tertiary/aromatic N) is 1. The Hall–Kier alpha value is -2.62. The molecule has 0 saturated carbocycles. The van der Waals surface area contributed by atoms with Crippen molar-refractivity contribution in [1.29, 1.82) is 0 Å². The molecule has 0 spiro atoms. The van der Waals surface area contributed by atoms with Gasteiger partial charge in [0.25, 0.3) is 5.91 Å². The summed E-state index contributed by atoms with van der Waals surface area (Å²) in [5.74, 6) is 0.151. The lowest BCUT2D eigenvalue weighted by atomic mass is 10.0. The molecular formula is C21H24N2O2. The summed E-state index contributed by atoms with van der Waals surface area (Å²) in [4.78, 5) is 26.2. The molecule has 1 fully saturated rings. The van der Waals surface area contributed by atoms with Crippen molar-refractivity contribution in [2.45, 2.75) is 32.2 Å². The Morgan fingerprint density at radius 3 is 2.36 bits per heavy atom. The molecule has 3 rings (SSSR count). The van der Waals surface area contributed by atoms with Gasteiger partial charge < -0.3 is 10.2 Å². The van der Waals surface area contributed by atoms with Gasteiger partial charge in [-0.1, -0.05) is 49.4 Å². The summed E-state index contributed by atoms with van der Waals surface area (Å²) in [7, 11) is 0. The number of piperidine rings is 1. The van der Waals surface area contributed by atoms with E-state index in [-0.39, 0.29) is 17.9 Å². The van der Waals surface area contributed by atoms with E-state index >= 15 is 0 Å². The minimum Gasteiger partial charge on any atom is -0.353 e. The van der Waals surface area contributed by atoms with E-state index in [4.69, 9.17) is 0 Å². The standard InChI is InChI=1S/C21H24N2O2/c1-2-20(24)22-19-11-13-23(14-12-19)21(25)18-10-6-9-17(15-18)16-7-4-3-5-8-16/h3-10,15,19H,2,11-14H2,1H3,(H,22,24). The van der Waals surface area contributed by atoms with Gasteiger partial charge in [-0.3, -0.25) is 9.59 Å². The fraction of sp³-hybridized carbons (Fsp3) is 0.333. The van der Waals surface area contributed by atoms with Crippen LogP contribution in [0.5, 0.6) is 0 Å². The summed E-state index contributed by atoms with van der Waals surface area (Å²) >= 11 is 0. The molecule has 0 atom stereocenters. The van der Waals surface area contributed by atoms with Crippen molar-refractivity contribution in [1.82, 2.24) is 10.2 Å². The highest BCUT2D eigenvalue weighted by Crippen LogP contribution is 2.22. The van der Waals surface area contributed by atoms with Crippen molar-refractivity contribution in [2.24, 2.45) is 0 Å². The van der Waals surface area contributed by atoms with Crippen molar-refractivity contribution >= 4 is 11.8 Å². The highest BCUT2D eigenvalue weighted by Gasteiger charge is 2.24. The molecule has 1 N–H and O–H groups in total. The third kappa shape index (κ3) is 4.27. The highest BCUT2D eigenvalue weighted by molar-refractivity contribution is 5.95. The lowest BCUT2D eigenvalue weighted by molar-refractivity contribution is -0.121. The van der Waals surface area contributed by atoms with E-state index in [2.05, 4.69) is 5.32 Å². The monoisotopic (exact) mass is 336 g/mol. The lowest BCUT2D eigenvalue weighted by Gasteiger charge is -2.32. The van der Waals surface area contributed by atoms with E-state index in [1.165, 1.54) is 0 Å². The number of likely N-dealkylation sites (tertiary alicyclic amines) is 1. The van der Waals surface area contributed by atoms with Crippen LogP contribution in [-0.2, 0) is 4.79 Å². The van der Waals surface area contributed by atoms with Crippen LogP contribution < -0.4 is 5.32 Å².